The lowest BCUT2D eigenvalue weighted by atomic mass is 9.89. The van der Waals surface area contributed by atoms with E-state index in [1.54, 1.807) is 0 Å². The van der Waals surface area contributed by atoms with Gasteiger partial charge in [-0.25, -0.2) is 0 Å². The number of carbonyl (C=O) groups is 1. The van der Waals surface area contributed by atoms with E-state index < -0.39 is 0 Å². The van der Waals surface area contributed by atoms with E-state index in [1.165, 1.54) is 38.5 Å². The number of hydrogen-bond acceptors (Lipinski definition) is 2. The summed E-state index contributed by atoms with van der Waals surface area (Å²) in [5.41, 5.74) is 0. The van der Waals surface area contributed by atoms with Gasteiger partial charge in [-0.2, -0.15) is 0 Å². The molecule has 0 aromatic heterocycles. The first-order valence-corrected chi connectivity index (χ1v) is 8.76. The van der Waals surface area contributed by atoms with Gasteiger partial charge in [-0.15, -0.1) is 12.4 Å². The van der Waals surface area contributed by atoms with Gasteiger partial charge in [-0.05, 0) is 44.4 Å². The van der Waals surface area contributed by atoms with Gasteiger partial charge in [0.05, 0.1) is 0 Å². The topological polar surface area (TPSA) is 41.1 Å². The minimum Gasteiger partial charge on any atom is -0.353 e. The number of unbranched alkanes of at least 4 members (excludes halogenated alkanes) is 1. The van der Waals surface area contributed by atoms with Crippen molar-refractivity contribution in [3.8, 4) is 0 Å². The molecule has 2 bridgehead atoms. The van der Waals surface area contributed by atoms with Crippen LogP contribution in [0.25, 0.3) is 0 Å². The zero-order valence-electron chi connectivity index (χ0n) is 13.7. The maximum atomic E-state index is 12.3. The van der Waals surface area contributed by atoms with E-state index in [0.717, 1.165) is 25.7 Å². The molecule has 2 rings (SSSR count). The first-order chi connectivity index (χ1) is 9.71. The average molecular weight is 317 g/mol. The van der Waals surface area contributed by atoms with Crippen LogP contribution in [0.3, 0.4) is 0 Å². The van der Waals surface area contributed by atoms with E-state index in [-0.39, 0.29) is 12.4 Å². The highest BCUT2D eigenvalue weighted by molar-refractivity contribution is 5.85. The maximum Gasteiger partial charge on any atom is 0.220 e. The van der Waals surface area contributed by atoms with Gasteiger partial charge in [0.1, 0.15) is 0 Å². The normalized spacial score (nSPS) is 28.8. The number of fused-ring (bicyclic) bond motifs is 2. The standard InChI is InChI=1S/C17H32N2O.ClH/c1-3-5-7-14(6-4-2)19-17(20)12-13-10-15-8-9-16(11-13)18-15;/h13-16,18H,3-12H2,1-2H3,(H,19,20);1H. The molecular weight excluding hydrogens is 284 g/mol. The second-order valence-corrected chi connectivity index (χ2v) is 6.87. The highest BCUT2D eigenvalue weighted by Crippen LogP contribution is 2.32. The molecule has 2 heterocycles. The van der Waals surface area contributed by atoms with E-state index in [9.17, 15) is 4.79 Å². The van der Waals surface area contributed by atoms with Gasteiger partial charge in [0.15, 0.2) is 0 Å². The molecule has 2 N–H and O–H groups in total. The molecular formula is C17H33ClN2O. The lowest BCUT2D eigenvalue weighted by molar-refractivity contribution is -0.123. The number of piperidine rings is 1. The van der Waals surface area contributed by atoms with Crippen LogP contribution in [-0.4, -0.2) is 24.0 Å². The maximum absolute atomic E-state index is 12.3. The van der Waals surface area contributed by atoms with Crippen molar-refractivity contribution in [1.29, 1.82) is 0 Å². The summed E-state index contributed by atoms with van der Waals surface area (Å²) in [6.07, 6.45) is 11.7. The number of nitrogens with one attached hydrogen (secondary N) is 2. The Hall–Kier alpha value is -0.280. The number of hydrogen-bond donors (Lipinski definition) is 2. The smallest absolute Gasteiger partial charge is 0.220 e. The van der Waals surface area contributed by atoms with Crippen molar-refractivity contribution >= 4 is 18.3 Å². The van der Waals surface area contributed by atoms with Gasteiger partial charge in [-0.3, -0.25) is 4.79 Å². The summed E-state index contributed by atoms with van der Waals surface area (Å²) >= 11 is 0. The van der Waals surface area contributed by atoms with Gasteiger partial charge < -0.3 is 10.6 Å². The molecule has 0 saturated carbocycles. The minimum absolute atomic E-state index is 0. The molecule has 4 heteroatoms. The summed E-state index contributed by atoms with van der Waals surface area (Å²) in [6.45, 7) is 4.42. The van der Waals surface area contributed by atoms with Crippen molar-refractivity contribution in [2.24, 2.45) is 5.92 Å². The van der Waals surface area contributed by atoms with Crippen molar-refractivity contribution in [2.75, 3.05) is 0 Å². The van der Waals surface area contributed by atoms with Gasteiger partial charge in [0.2, 0.25) is 5.91 Å². The average Bonchev–Trinajstić information content (AvgIpc) is 2.75. The van der Waals surface area contributed by atoms with Crippen LogP contribution in [0, 0.1) is 5.92 Å². The summed E-state index contributed by atoms with van der Waals surface area (Å²) in [7, 11) is 0. The predicted octanol–water partition coefficient (Wildman–Crippen LogP) is 3.80. The number of carbonyl (C=O) groups excluding carboxylic acids is 1. The fourth-order valence-electron chi connectivity index (χ4n) is 3.98. The Balaban J connectivity index is 0.00000220. The second-order valence-electron chi connectivity index (χ2n) is 6.87. The van der Waals surface area contributed by atoms with Crippen molar-refractivity contribution < 1.29 is 4.79 Å². The van der Waals surface area contributed by atoms with Crippen molar-refractivity contribution in [3.63, 3.8) is 0 Å². The third-order valence-electron chi connectivity index (χ3n) is 4.95. The number of rotatable bonds is 8. The Bertz CT molecular complexity index is 299. The Labute approximate surface area is 136 Å². The minimum atomic E-state index is 0. The molecule has 0 aliphatic carbocycles. The van der Waals surface area contributed by atoms with Gasteiger partial charge in [-0.1, -0.05) is 33.1 Å². The number of halogens is 1. The zero-order valence-corrected chi connectivity index (χ0v) is 14.5. The molecule has 3 atom stereocenters. The lowest BCUT2D eigenvalue weighted by Gasteiger charge is -2.29. The Morgan fingerprint density at radius 1 is 1.14 bits per heavy atom. The highest BCUT2D eigenvalue weighted by Gasteiger charge is 2.34. The van der Waals surface area contributed by atoms with E-state index in [1.807, 2.05) is 0 Å². The third kappa shape index (κ3) is 6.15. The first-order valence-electron chi connectivity index (χ1n) is 8.76. The third-order valence-corrected chi connectivity index (χ3v) is 4.95. The molecule has 0 aromatic rings. The molecule has 1 amide bonds. The van der Waals surface area contributed by atoms with Crippen molar-refractivity contribution in [2.45, 2.75) is 96.2 Å². The summed E-state index contributed by atoms with van der Waals surface area (Å²) in [5.74, 6) is 0.910. The van der Waals surface area contributed by atoms with Gasteiger partial charge >= 0.3 is 0 Å². The van der Waals surface area contributed by atoms with Crippen LogP contribution in [0.1, 0.15) is 78.1 Å². The molecule has 3 unspecified atom stereocenters. The summed E-state index contributed by atoms with van der Waals surface area (Å²) in [4.78, 5) is 12.3. The Morgan fingerprint density at radius 2 is 1.81 bits per heavy atom. The summed E-state index contributed by atoms with van der Waals surface area (Å²) in [6, 6.07) is 1.79. The summed E-state index contributed by atoms with van der Waals surface area (Å²) in [5, 5.41) is 6.94. The Morgan fingerprint density at radius 3 is 2.38 bits per heavy atom. The molecule has 0 spiro atoms. The summed E-state index contributed by atoms with van der Waals surface area (Å²) < 4.78 is 0. The molecule has 0 aromatic carbocycles. The van der Waals surface area contributed by atoms with Crippen LogP contribution >= 0.6 is 12.4 Å². The quantitative estimate of drug-likeness (QED) is 0.715. The van der Waals surface area contributed by atoms with Crippen LogP contribution in [0.4, 0.5) is 0 Å². The van der Waals surface area contributed by atoms with Crippen LogP contribution in [0.2, 0.25) is 0 Å². The fourth-order valence-corrected chi connectivity index (χ4v) is 3.98. The first kappa shape index (κ1) is 18.8. The molecule has 2 aliphatic heterocycles. The van der Waals surface area contributed by atoms with Crippen molar-refractivity contribution in [1.82, 2.24) is 10.6 Å². The van der Waals surface area contributed by atoms with E-state index in [4.69, 9.17) is 0 Å². The van der Waals surface area contributed by atoms with Crippen LogP contribution in [0.15, 0.2) is 0 Å². The fraction of sp³-hybridized carbons (Fsp3) is 0.941. The molecule has 124 valence electrons. The van der Waals surface area contributed by atoms with Crippen LogP contribution < -0.4 is 10.6 Å². The molecule has 2 aliphatic rings. The zero-order chi connectivity index (χ0) is 14.4. The molecule has 2 saturated heterocycles. The van der Waals surface area contributed by atoms with Gasteiger partial charge in [0, 0.05) is 24.5 Å². The molecule has 0 radical (unpaired) electrons. The second kappa shape index (κ2) is 9.68. The van der Waals surface area contributed by atoms with E-state index in [0.29, 0.717) is 30.0 Å². The molecule has 2 fully saturated rings. The highest BCUT2D eigenvalue weighted by atomic mass is 35.5. The van der Waals surface area contributed by atoms with Crippen LogP contribution in [0.5, 0.6) is 0 Å². The SMILES string of the molecule is CCCCC(CCC)NC(=O)CC1CC2CCC(C1)N2.Cl. The molecule has 21 heavy (non-hydrogen) atoms. The number of amides is 1. The van der Waals surface area contributed by atoms with Crippen molar-refractivity contribution in [3.05, 3.63) is 0 Å². The van der Waals surface area contributed by atoms with Crippen LogP contribution in [-0.2, 0) is 4.79 Å². The largest absolute Gasteiger partial charge is 0.353 e. The van der Waals surface area contributed by atoms with E-state index in [2.05, 4.69) is 24.5 Å². The lowest BCUT2D eigenvalue weighted by Crippen LogP contribution is -2.41. The Kier molecular flexibility index (Phi) is 8.65. The monoisotopic (exact) mass is 316 g/mol. The molecule has 3 nitrogen and oxygen atoms in total. The van der Waals surface area contributed by atoms with Gasteiger partial charge in [0.25, 0.3) is 0 Å². The van der Waals surface area contributed by atoms with E-state index >= 15 is 0 Å². The predicted molar refractivity (Wildman–Crippen MR) is 90.9 cm³/mol.